The van der Waals surface area contributed by atoms with Crippen molar-refractivity contribution in [3.63, 3.8) is 0 Å². The smallest absolute Gasteiger partial charge is 0.390 e. The topological polar surface area (TPSA) is 72.0 Å². The van der Waals surface area contributed by atoms with E-state index in [-0.39, 0.29) is 5.69 Å². The molecule has 0 saturated heterocycles. The minimum atomic E-state index is -4.50. The summed E-state index contributed by atoms with van der Waals surface area (Å²) >= 11 is 1.42. The Morgan fingerprint density at radius 3 is 2.14 bits per heavy atom. The number of aryl methyl sites for hydroxylation is 1. The van der Waals surface area contributed by atoms with Gasteiger partial charge in [-0.2, -0.15) is 13.2 Å². The molecule has 2 aromatic carbocycles. The SMILES string of the molecule is Cc1nc(C(F)(F)F)ccc1-c1nc(-c2ccc([C@]3(N)C[C@](C)(O)C3)cc2)c(-c2ccccc2)s1. The number of hydrogen-bond acceptors (Lipinski definition) is 5. The maximum atomic E-state index is 13.1. The number of nitrogens with two attached hydrogens (primary N) is 1. The number of aliphatic hydroxyl groups is 1. The summed E-state index contributed by atoms with van der Waals surface area (Å²) in [7, 11) is 0. The highest BCUT2D eigenvalue weighted by Gasteiger charge is 2.49. The molecule has 1 aliphatic rings. The van der Waals surface area contributed by atoms with Gasteiger partial charge < -0.3 is 10.8 Å². The molecule has 2 aromatic heterocycles. The summed E-state index contributed by atoms with van der Waals surface area (Å²) in [5.41, 5.74) is 8.66. The molecule has 0 atom stereocenters. The van der Waals surface area contributed by atoms with Crippen LogP contribution in [0.2, 0.25) is 0 Å². The van der Waals surface area contributed by atoms with E-state index in [0.29, 0.717) is 23.4 Å². The van der Waals surface area contributed by atoms with Crippen LogP contribution >= 0.6 is 11.3 Å². The molecule has 0 spiro atoms. The van der Waals surface area contributed by atoms with Gasteiger partial charge in [-0.25, -0.2) is 9.97 Å². The van der Waals surface area contributed by atoms with Gasteiger partial charge in [-0.1, -0.05) is 54.6 Å². The molecule has 2 heterocycles. The molecule has 0 unspecified atom stereocenters. The predicted octanol–water partition coefficient (Wildman–Crippen LogP) is 6.57. The van der Waals surface area contributed by atoms with Crippen LogP contribution in [0.25, 0.3) is 32.3 Å². The van der Waals surface area contributed by atoms with E-state index in [1.54, 1.807) is 13.8 Å². The fourth-order valence-corrected chi connectivity index (χ4v) is 6.00. The Bertz CT molecular complexity index is 1370. The van der Waals surface area contributed by atoms with E-state index in [1.807, 2.05) is 54.6 Å². The Labute approximate surface area is 205 Å². The second-order valence-electron chi connectivity index (χ2n) is 9.47. The lowest BCUT2D eigenvalue weighted by molar-refractivity contribution is -0.141. The number of halogens is 3. The van der Waals surface area contributed by atoms with Crippen molar-refractivity contribution in [3.8, 4) is 32.3 Å². The van der Waals surface area contributed by atoms with Gasteiger partial charge >= 0.3 is 6.18 Å². The molecule has 0 radical (unpaired) electrons. The molecule has 4 nitrogen and oxygen atoms in total. The third-order valence-corrected chi connectivity index (χ3v) is 7.53. The maximum Gasteiger partial charge on any atom is 0.433 e. The fourth-order valence-electron chi connectivity index (χ4n) is 4.83. The summed E-state index contributed by atoms with van der Waals surface area (Å²) in [6, 6.07) is 20.0. The molecule has 1 aliphatic carbocycles. The van der Waals surface area contributed by atoms with Gasteiger partial charge in [0.05, 0.1) is 16.2 Å². The zero-order valence-corrected chi connectivity index (χ0v) is 20.0. The van der Waals surface area contributed by atoms with Crippen molar-refractivity contribution in [2.45, 2.75) is 44.0 Å². The van der Waals surface area contributed by atoms with Gasteiger partial charge in [0, 0.05) is 22.4 Å². The van der Waals surface area contributed by atoms with Gasteiger partial charge in [-0.15, -0.1) is 11.3 Å². The number of aromatic nitrogens is 2. The highest BCUT2D eigenvalue weighted by atomic mass is 32.1. The number of benzene rings is 2. The summed E-state index contributed by atoms with van der Waals surface area (Å²) in [6.45, 7) is 3.35. The van der Waals surface area contributed by atoms with Crippen molar-refractivity contribution >= 4 is 11.3 Å². The first kappa shape index (κ1) is 23.7. The Morgan fingerprint density at radius 2 is 1.57 bits per heavy atom. The van der Waals surface area contributed by atoms with E-state index in [2.05, 4.69) is 4.98 Å². The van der Waals surface area contributed by atoms with Gasteiger partial charge in [0.15, 0.2) is 0 Å². The molecule has 3 N–H and O–H groups in total. The Kier molecular flexibility index (Phi) is 5.58. The third-order valence-electron chi connectivity index (χ3n) is 6.40. The number of alkyl halides is 3. The summed E-state index contributed by atoms with van der Waals surface area (Å²) in [5, 5.41) is 10.7. The van der Waals surface area contributed by atoms with E-state index >= 15 is 0 Å². The van der Waals surface area contributed by atoms with Crippen LogP contribution in [0.1, 0.15) is 36.7 Å². The normalized spacial score (nSPS) is 22.1. The first-order valence-electron chi connectivity index (χ1n) is 11.2. The van der Waals surface area contributed by atoms with E-state index in [4.69, 9.17) is 10.7 Å². The van der Waals surface area contributed by atoms with Crippen LogP contribution in [-0.2, 0) is 11.7 Å². The van der Waals surface area contributed by atoms with Crippen LogP contribution in [0.3, 0.4) is 0 Å². The second-order valence-corrected chi connectivity index (χ2v) is 10.5. The molecule has 0 aliphatic heterocycles. The van der Waals surface area contributed by atoms with Crippen molar-refractivity contribution in [3.05, 3.63) is 83.7 Å². The number of thiazole rings is 1. The Balaban J connectivity index is 1.56. The van der Waals surface area contributed by atoms with Gasteiger partial charge in [-0.05, 0) is 49.9 Å². The quantitative estimate of drug-likeness (QED) is 0.336. The molecule has 0 amide bonds. The molecule has 0 bridgehead atoms. The van der Waals surface area contributed by atoms with Crippen molar-refractivity contribution in [1.82, 2.24) is 9.97 Å². The lowest BCUT2D eigenvalue weighted by Crippen LogP contribution is -2.58. The number of rotatable bonds is 4. The maximum absolute atomic E-state index is 13.1. The Hall–Kier alpha value is -3.07. The molecular weight excluding hydrogens is 471 g/mol. The van der Waals surface area contributed by atoms with E-state index in [0.717, 1.165) is 33.3 Å². The summed E-state index contributed by atoms with van der Waals surface area (Å²) in [4.78, 5) is 9.55. The third kappa shape index (κ3) is 4.49. The molecule has 5 rings (SSSR count). The monoisotopic (exact) mass is 495 g/mol. The number of hydrogen-bond donors (Lipinski definition) is 2. The minimum absolute atomic E-state index is 0.275. The average Bonchev–Trinajstić information content (AvgIpc) is 3.23. The van der Waals surface area contributed by atoms with Crippen molar-refractivity contribution < 1.29 is 18.3 Å². The predicted molar refractivity (Wildman–Crippen MR) is 132 cm³/mol. The lowest BCUT2D eigenvalue weighted by atomic mass is 9.63. The summed E-state index contributed by atoms with van der Waals surface area (Å²) in [5.74, 6) is 0. The van der Waals surface area contributed by atoms with Crippen LogP contribution in [0, 0.1) is 6.92 Å². The van der Waals surface area contributed by atoms with Gasteiger partial charge in [0.1, 0.15) is 10.7 Å². The van der Waals surface area contributed by atoms with Crippen molar-refractivity contribution in [2.75, 3.05) is 0 Å². The van der Waals surface area contributed by atoms with Crippen LogP contribution in [0.5, 0.6) is 0 Å². The van der Waals surface area contributed by atoms with Gasteiger partial charge in [0.2, 0.25) is 0 Å². The van der Waals surface area contributed by atoms with Gasteiger partial charge in [0.25, 0.3) is 0 Å². The second kappa shape index (κ2) is 8.26. The first-order chi connectivity index (χ1) is 16.5. The van der Waals surface area contributed by atoms with E-state index < -0.39 is 23.0 Å². The molecule has 4 aromatic rings. The highest BCUT2D eigenvalue weighted by Crippen LogP contribution is 2.47. The lowest BCUT2D eigenvalue weighted by Gasteiger charge is -2.49. The molecule has 35 heavy (non-hydrogen) atoms. The van der Waals surface area contributed by atoms with E-state index in [9.17, 15) is 18.3 Å². The standard InChI is InChI=1S/C27H24F3N3OS/c1-16-20(12-13-21(32-16)27(28,29)30)24-33-22(23(35-24)18-6-4-3-5-7-18)17-8-10-19(11-9-17)26(31)14-25(2,34)15-26/h3-13,34H,14-15,31H2,1-2H3/t25-,26-. The Morgan fingerprint density at radius 1 is 0.914 bits per heavy atom. The zero-order valence-electron chi connectivity index (χ0n) is 19.2. The van der Waals surface area contributed by atoms with Crippen LogP contribution in [0.4, 0.5) is 13.2 Å². The highest BCUT2D eigenvalue weighted by molar-refractivity contribution is 7.19. The van der Waals surface area contributed by atoms with Crippen LogP contribution in [-0.4, -0.2) is 20.7 Å². The van der Waals surface area contributed by atoms with Gasteiger partial charge in [-0.3, -0.25) is 0 Å². The molecule has 1 saturated carbocycles. The number of pyridine rings is 1. The van der Waals surface area contributed by atoms with Crippen molar-refractivity contribution in [1.29, 1.82) is 0 Å². The minimum Gasteiger partial charge on any atom is -0.390 e. The number of nitrogens with zero attached hydrogens (tertiary/aromatic N) is 2. The zero-order chi connectivity index (χ0) is 25.0. The fraction of sp³-hybridized carbons (Fsp3) is 0.259. The average molecular weight is 496 g/mol. The summed E-state index contributed by atoms with van der Waals surface area (Å²) < 4.78 is 39.3. The van der Waals surface area contributed by atoms with Crippen LogP contribution in [0.15, 0.2) is 66.7 Å². The molecule has 8 heteroatoms. The van der Waals surface area contributed by atoms with Crippen LogP contribution < -0.4 is 5.73 Å². The largest absolute Gasteiger partial charge is 0.433 e. The molecule has 180 valence electrons. The molecular formula is C27H24F3N3OS. The molecule has 1 fully saturated rings. The van der Waals surface area contributed by atoms with Crippen molar-refractivity contribution in [2.24, 2.45) is 5.73 Å². The van der Waals surface area contributed by atoms with E-state index in [1.165, 1.54) is 17.4 Å². The summed E-state index contributed by atoms with van der Waals surface area (Å²) in [6.07, 6.45) is -3.51. The first-order valence-corrected chi connectivity index (χ1v) is 12.0.